The Kier molecular flexibility index (Phi) is 11.2. The number of aromatic nitrogens is 4. The molecular weight excluding hydrogens is 604 g/mol. The summed E-state index contributed by atoms with van der Waals surface area (Å²) in [5, 5.41) is 23.0. The van der Waals surface area contributed by atoms with Crippen molar-refractivity contribution in [2.75, 3.05) is 26.8 Å². The van der Waals surface area contributed by atoms with Crippen molar-refractivity contribution in [3.05, 3.63) is 78.4 Å². The van der Waals surface area contributed by atoms with Gasteiger partial charge >= 0.3 is 24.3 Å². The van der Waals surface area contributed by atoms with Gasteiger partial charge in [0.2, 0.25) is 0 Å². The second-order valence-corrected chi connectivity index (χ2v) is 9.01. The second-order valence-electron chi connectivity index (χ2n) is 9.01. The Bertz CT molecular complexity index is 1510. The average Bonchev–Trinajstić information content (AvgIpc) is 3.41. The van der Waals surface area contributed by atoms with Crippen LogP contribution in [0, 0.1) is 0 Å². The van der Waals surface area contributed by atoms with Crippen molar-refractivity contribution in [2.24, 2.45) is 0 Å². The summed E-state index contributed by atoms with van der Waals surface area (Å²) in [6, 6.07) is 16.4. The maximum absolute atomic E-state index is 10.6. The minimum atomic E-state index is -5.08. The zero-order valence-electron chi connectivity index (χ0n) is 22.8. The number of carboxylic acid groups (broad SMARTS) is 2. The molecule has 17 heteroatoms. The third-order valence-corrected chi connectivity index (χ3v) is 5.96. The molecule has 2 N–H and O–H groups in total. The van der Waals surface area contributed by atoms with Crippen LogP contribution in [0.2, 0.25) is 0 Å². The first-order valence-electron chi connectivity index (χ1n) is 12.5. The number of fused-ring (bicyclic) bond motifs is 1. The van der Waals surface area contributed by atoms with Crippen LogP contribution in [0.3, 0.4) is 0 Å². The number of morpholine rings is 1. The molecule has 1 fully saturated rings. The smallest absolute Gasteiger partial charge is 0.490 e. The lowest BCUT2D eigenvalue weighted by atomic mass is 10.1. The molecule has 0 amide bonds. The van der Waals surface area contributed by atoms with Crippen LogP contribution in [0.15, 0.2) is 67.1 Å². The zero-order valence-corrected chi connectivity index (χ0v) is 22.8. The first-order valence-corrected chi connectivity index (χ1v) is 12.5. The van der Waals surface area contributed by atoms with Gasteiger partial charge in [0.05, 0.1) is 19.2 Å². The van der Waals surface area contributed by atoms with Crippen molar-refractivity contribution in [1.82, 2.24) is 24.7 Å². The van der Waals surface area contributed by atoms with E-state index in [0.717, 1.165) is 47.7 Å². The molecule has 1 saturated heterocycles. The van der Waals surface area contributed by atoms with Crippen molar-refractivity contribution in [2.45, 2.75) is 25.0 Å². The SMILES string of the molecule is COc1ccc(CN2CCOC(c3nnn4cc(-c5ccncc5)ccc34)C2)cc1.O=C(O)C(F)(F)F.O=C(O)C(F)(F)F. The maximum atomic E-state index is 10.6. The third kappa shape index (κ3) is 9.63. The van der Waals surface area contributed by atoms with Gasteiger partial charge < -0.3 is 19.7 Å². The van der Waals surface area contributed by atoms with Crippen molar-refractivity contribution in [1.29, 1.82) is 0 Å². The van der Waals surface area contributed by atoms with E-state index in [0.29, 0.717) is 6.61 Å². The van der Waals surface area contributed by atoms with Gasteiger partial charge in [0, 0.05) is 43.8 Å². The summed E-state index contributed by atoms with van der Waals surface area (Å²) >= 11 is 0. The third-order valence-electron chi connectivity index (χ3n) is 5.96. The summed E-state index contributed by atoms with van der Waals surface area (Å²) in [6.45, 7) is 3.23. The quantitative estimate of drug-likeness (QED) is 0.300. The van der Waals surface area contributed by atoms with Gasteiger partial charge in [-0.25, -0.2) is 14.1 Å². The molecule has 4 aromatic rings. The Balaban J connectivity index is 0.000000317. The van der Waals surface area contributed by atoms with Crippen LogP contribution in [-0.2, 0) is 20.9 Å². The predicted octanol–water partition coefficient (Wildman–Crippen LogP) is 4.64. The fourth-order valence-corrected chi connectivity index (χ4v) is 3.86. The number of ether oxygens (including phenoxy) is 2. The number of pyridine rings is 2. The average molecular weight is 630 g/mol. The van der Waals surface area contributed by atoms with Crippen LogP contribution < -0.4 is 4.74 Å². The maximum Gasteiger partial charge on any atom is 0.490 e. The summed E-state index contributed by atoms with van der Waals surface area (Å²) in [4.78, 5) is 24.3. The molecule has 1 atom stereocenters. The topological polar surface area (TPSA) is 139 Å². The van der Waals surface area contributed by atoms with Crippen molar-refractivity contribution >= 4 is 17.5 Å². The molecule has 3 aromatic heterocycles. The highest BCUT2D eigenvalue weighted by atomic mass is 19.4. The molecule has 0 bridgehead atoms. The Morgan fingerprint density at radius 1 is 0.932 bits per heavy atom. The van der Waals surface area contributed by atoms with Crippen LogP contribution in [0.4, 0.5) is 26.3 Å². The monoisotopic (exact) mass is 629 g/mol. The van der Waals surface area contributed by atoms with Gasteiger partial charge in [-0.2, -0.15) is 26.3 Å². The van der Waals surface area contributed by atoms with E-state index in [-0.39, 0.29) is 6.10 Å². The summed E-state index contributed by atoms with van der Waals surface area (Å²) in [6.07, 6.45) is -4.68. The number of benzene rings is 1. The highest BCUT2D eigenvalue weighted by molar-refractivity contribution is 5.73. The van der Waals surface area contributed by atoms with Crippen molar-refractivity contribution in [3.8, 4) is 16.9 Å². The highest BCUT2D eigenvalue weighted by Crippen LogP contribution is 2.27. The number of halogens is 6. The summed E-state index contributed by atoms with van der Waals surface area (Å²) in [7, 11) is 1.69. The number of hydrogen-bond donors (Lipinski definition) is 2. The summed E-state index contributed by atoms with van der Waals surface area (Å²) in [5.41, 5.74) is 5.29. The molecule has 0 spiro atoms. The van der Waals surface area contributed by atoms with E-state index in [1.165, 1.54) is 5.56 Å². The van der Waals surface area contributed by atoms with Gasteiger partial charge in [-0.3, -0.25) is 9.88 Å². The molecule has 1 unspecified atom stereocenters. The molecule has 1 aromatic carbocycles. The minimum Gasteiger partial charge on any atom is -0.497 e. The second kappa shape index (κ2) is 14.6. The van der Waals surface area contributed by atoms with E-state index in [1.807, 2.05) is 35.0 Å². The van der Waals surface area contributed by atoms with Crippen LogP contribution in [0.25, 0.3) is 16.6 Å². The van der Waals surface area contributed by atoms with E-state index in [9.17, 15) is 26.3 Å². The minimum absolute atomic E-state index is 0.0960. The normalized spacial score (nSPS) is 15.4. The standard InChI is InChI=1S/C23H23N5O2.2C2HF3O2/c1-29-20-5-2-17(3-6-20)14-27-12-13-30-22(16-27)23-21-7-4-19(15-28(21)26-25-23)18-8-10-24-11-9-18;2*3-2(4,5)1(6)7/h2-11,15,22H,12-14,16H2,1H3;2*(H,6,7). The number of methoxy groups -OCH3 is 1. The fourth-order valence-electron chi connectivity index (χ4n) is 3.86. The van der Waals surface area contributed by atoms with Gasteiger partial charge in [0.1, 0.15) is 17.5 Å². The molecule has 0 aliphatic carbocycles. The molecule has 44 heavy (non-hydrogen) atoms. The fraction of sp³-hybridized carbons (Fsp3) is 0.296. The summed E-state index contributed by atoms with van der Waals surface area (Å²) in [5.74, 6) is -4.64. The molecule has 1 aliphatic rings. The predicted molar refractivity (Wildman–Crippen MR) is 141 cm³/mol. The van der Waals surface area contributed by atoms with Crippen LogP contribution in [0.1, 0.15) is 17.4 Å². The largest absolute Gasteiger partial charge is 0.497 e. The lowest BCUT2D eigenvalue weighted by Gasteiger charge is -2.32. The van der Waals surface area contributed by atoms with E-state index in [2.05, 4.69) is 44.5 Å². The first kappa shape index (κ1) is 33.7. The Labute approximate surface area is 245 Å². The molecule has 4 heterocycles. The molecule has 0 saturated carbocycles. The number of hydrogen-bond acceptors (Lipinski definition) is 8. The van der Waals surface area contributed by atoms with Gasteiger partial charge in [-0.15, -0.1) is 5.10 Å². The number of alkyl halides is 6. The summed E-state index contributed by atoms with van der Waals surface area (Å²) < 4.78 is 76.6. The Morgan fingerprint density at radius 3 is 2.07 bits per heavy atom. The molecule has 11 nitrogen and oxygen atoms in total. The number of rotatable bonds is 5. The van der Waals surface area contributed by atoms with Gasteiger partial charge in [-0.1, -0.05) is 23.4 Å². The van der Waals surface area contributed by atoms with E-state index >= 15 is 0 Å². The lowest BCUT2D eigenvalue weighted by Crippen LogP contribution is -2.38. The van der Waals surface area contributed by atoms with E-state index in [4.69, 9.17) is 29.3 Å². The highest BCUT2D eigenvalue weighted by Gasteiger charge is 2.38. The van der Waals surface area contributed by atoms with Gasteiger partial charge in [0.15, 0.2) is 0 Å². The Hall–Kier alpha value is -4.77. The molecule has 5 rings (SSSR count). The van der Waals surface area contributed by atoms with Crippen LogP contribution >= 0.6 is 0 Å². The number of aliphatic carboxylic acids is 2. The van der Waals surface area contributed by atoms with E-state index in [1.54, 1.807) is 19.5 Å². The van der Waals surface area contributed by atoms with Crippen molar-refractivity contribution in [3.63, 3.8) is 0 Å². The first-order chi connectivity index (χ1) is 20.7. The van der Waals surface area contributed by atoms with Gasteiger partial charge in [-0.05, 0) is 41.5 Å². The Morgan fingerprint density at radius 2 is 1.52 bits per heavy atom. The molecular formula is C27H25F6N5O6. The lowest BCUT2D eigenvalue weighted by molar-refractivity contribution is -0.193. The zero-order chi connectivity index (χ0) is 32.5. The number of nitrogens with zero attached hydrogens (tertiary/aromatic N) is 5. The van der Waals surface area contributed by atoms with Crippen molar-refractivity contribution < 1.29 is 55.6 Å². The molecule has 0 radical (unpaired) electrons. The van der Waals surface area contributed by atoms with E-state index < -0.39 is 24.3 Å². The van der Waals surface area contributed by atoms with Crippen LogP contribution in [0.5, 0.6) is 5.75 Å². The molecule has 236 valence electrons. The number of carbonyl (C=O) groups is 2. The van der Waals surface area contributed by atoms with Crippen LogP contribution in [-0.4, -0.2) is 86.0 Å². The number of carboxylic acids is 2. The van der Waals surface area contributed by atoms with Gasteiger partial charge in [0.25, 0.3) is 0 Å². The molecule has 1 aliphatic heterocycles.